The molecule has 74 valence electrons. The molecule has 0 N–H and O–H groups in total. The number of aromatic nitrogens is 1. The lowest BCUT2D eigenvalue weighted by Gasteiger charge is -2.15. The quantitative estimate of drug-likeness (QED) is 0.696. The van der Waals surface area contributed by atoms with Crippen LogP contribution in [-0.2, 0) is 11.3 Å². The Morgan fingerprint density at radius 1 is 1.31 bits per heavy atom. The third-order valence-corrected chi connectivity index (χ3v) is 2.31. The molecule has 1 unspecified atom stereocenters. The molecule has 0 saturated carbocycles. The van der Waals surface area contributed by atoms with Gasteiger partial charge >= 0.3 is 0 Å². The summed E-state index contributed by atoms with van der Waals surface area (Å²) in [5.41, 5.74) is 2.62. The summed E-state index contributed by atoms with van der Waals surface area (Å²) in [6.07, 6.45) is 0.301. The van der Waals surface area contributed by atoms with Gasteiger partial charge in [-0.05, 0) is 39.8 Å². The van der Waals surface area contributed by atoms with Gasteiger partial charge in [-0.1, -0.05) is 0 Å². The van der Waals surface area contributed by atoms with Gasteiger partial charge in [-0.2, -0.15) is 0 Å². The first-order valence-electron chi connectivity index (χ1n) is 4.89. The van der Waals surface area contributed by atoms with Gasteiger partial charge < -0.3 is 9.30 Å². The monoisotopic (exact) mass is 181 g/mol. The lowest BCUT2D eigenvalue weighted by molar-refractivity contribution is 0.0633. The van der Waals surface area contributed by atoms with Crippen LogP contribution < -0.4 is 0 Å². The molecule has 1 aromatic rings. The van der Waals surface area contributed by atoms with Crippen molar-refractivity contribution in [3.63, 3.8) is 0 Å². The predicted molar refractivity (Wildman–Crippen MR) is 55.0 cm³/mol. The van der Waals surface area contributed by atoms with Crippen molar-refractivity contribution in [3.05, 3.63) is 23.5 Å². The van der Waals surface area contributed by atoms with Crippen LogP contribution in [0.25, 0.3) is 0 Å². The fourth-order valence-electron chi connectivity index (χ4n) is 1.58. The molecule has 2 nitrogen and oxygen atoms in total. The molecule has 1 aromatic heterocycles. The Morgan fingerprint density at radius 3 is 2.31 bits per heavy atom. The highest BCUT2D eigenvalue weighted by molar-refractivity contribution is 5.13. The third kappa shape index (κ3) is 2.59. The first-order valence-corrected chi connectivity index (χ1v) is 4.89. The summed E-state index contributed by atoms with van der Waals surface area (Å²) in [6.45, 7) is 10.2. The molecule has 0 aromatic carbocycles. The van der Waals surface area contributed by atoms with Crippen molar-refractivity contribution in [1.29, 1.82) is 0 Å². The topological polar surface area (TPSA) is 14.2 Å². The minimum Gasteiger partial charge on any atom is -0.377 e. The van der Waals surface area contributed by atoms with E-state index in [1.165, 1.54) is 11.4 Å². The smallest absolute Gasteiger partial charge is 0.0725 e. The molecule has 0 radical (unpaired) electrons. The second-order valence-electron chi connectivity index (χ2n) is 3.49. The van der Waals surface area contributed by atoms with Gasteiger partial charge in [-0.3, -0.25) is 0 Å². The van der Waals surface area contributed by atoms with Crippen LogP contribution in [0, 0.1) is 13.8 Å². The molecule has 0 spiro atoms. The molecule has 2 heteroatoms. The number of ether oxygens (including phenoxy) is 1. The molecule has 1 atom stereocenters. The second-order valence-corrected chi connectivity index (χ2v) is 3.49. The normalized spacial score (nSPS) is 13.2. The molecule has 0 saturated heterocycles. The van der Waals surface area contributed by atoms with Crippen molar-refractivity contribution in [2.24, 2.45) is 0 Å². The standard InChI is InChI=1S/C11H19NO/c1-5-13-11(4)8-12-9(2)6-7-10(12)3/h6-7,11H,5,8H2,1-4H3. The molecule has 0 aliphatic rings. The predicted octanol–water partition coefficient (Wildman–Crippen LogP) is 2.53. The summed E-state index contributed by atoms with van der Waals surface area (Å²) >= 11 is 0. The first-order chi connectivity index (χ1) is 6.15. The second kappa shape index (κ2) is 4.47. The van der Waals surface area contributed by atoms with Gasteiger partial charge in [0.25, 0.3) is 0 Å². The first kappa shape index (κ1) is 10.3. The van der Waals surface area contributed by atoms with E-state index in [9.17, 15) is 0 Å². The van der Waals surface area contributed by atoms with Gasteiger partial charge in [0.2, 0.25) is 0 Å². The highest BCUT2D eigenvalue weighted by Crippen LogP contribution is 2.08. The molecule has 0 amide bonds. The Kier molecular flexibility index (Phi) is 3.55. The minimum atomic E-state index is 0.301. The summed E-state index contributed by atoms with van der Waals surface area (Å²) in [7, 11) is 0. The average Bonchev–Trinajstić information content (AvgIpc) is 2.36. The Labute approximate surface area is 80.5 Å². The fourth-order valence-corrected chi connectivity index (χ4v) is 1.58. The van der Waals surface area contributed by atoms with Gasteiger partial charge in [-0.25, -0.2) is 0 Å². The van der Waals surface area contributed by atoms with Gasteiger partial charge in [0.15, 0.2) is 0 Å². The van der Waals surface area contributed by atoms with Crippen LogP contribution in [0.5, 0.6) is 0 Å². The van der Waals surface area contributed by atoms with E-state index in [4.69, 9.17) is 4.74 Å². The molecule has 13 heavy (non-hydrogen) atoms. The van der Waals surface area contributed by atoms with Crippen LogP contribution >= 0.6 is 0 Å². The lowest BCUT2D eigenvalue weighted by Crippen LogP contribution is -2.17. The highest BCUT2D eigenvalue weighted by atomic mass is 16.5. The van der Waals surface area contributed by atoms with Crippen molar-refractivity contribution < 1.29 is 4.74 Å². The molecule has 1 rings (SSSR count). The van der Waals surface area contributed by atoms with E-state index in [-0.39, 0.29) is 0 Å². The van der Waals surface area contributed by atoms with Crippen molar-refractivity contribution in [2.75, 3.05) is 6.61 Å². The summed E-state index contributed by atoms with van der Waals surface area (Å²) in [4.78, 5) is 0. The van der Waals surface area contributed by atoms with E-state index in [1.807, 2.05) is 6.92 Å². The van der Waals surface area contributed by atoms with Gasteiger partial charge in [0, 0.05) is 24.5 Å². The molecule has 0 fully saturated rings. The van der Waals surface area contributed by atoms with Crippen LogP contribution in [0.15, 0.2) is 12.1 Å². The lowest BCUT2D eigenvalue weighted by atomic mass is 10.3. The molecule has 0 bridgehead atoms. The van der Waals surface area contributed by atoms with E-state index >= 15 is 0 Å². The summed E-state index contributed by atoms with van der Waals surface area (Å²) in [5.74, 6) is 0. The number of hydrogen-bond donors (Lipinski definition) is 0. The Hall–Kier alpha value is -0.760. The van der Waals surface area contributed by atoms with E-state index in [0.29, 0.717) is 6.10 Å². The van der Waals surface area contributed by atoms with Crippen LogP contribution in [0.2, 0.25) is 0 Å². The van der Waals surface area contributed by atoms with Crippen LogP contribution in [-0.4, -0.2) is 17.3 Å². The maximum Gasteiger partial charge on any atom is 0.0725 e. The largest absolute Gasteiger partial charge is 0.377 e. The Balaban J connectivity index is 2.62. The molecular weight excluding hydrogens is 162 g/mol. The van der Waals surface area contributed by atoms with Gasteiger partial charge in [0.1, 0.15) is 0 Å². The zero-order valence-electron chi connectivity index (χ0n) is 9.00. The minimum absolute atomic E-state index is 0.301. The van der Waals surface area contributed by atoms with Gasteiger partial charge in [-0.15, -0.1) is 0 Å². The van der Waals surface area contributed by atoms with Crippen LogP contribution in [0.3, 0.4) is 0 Å². The summed E-state index contributed by atoms with van der Waals surface area (Å²) in [5, 5.41) is 0. The molecule has 0 aliphatic carbocycles. The maximum absolute atomic E-state index is 5.50. The van der Waals surface area contributed by atoms with Crippen molar-refractivity contribution in [2.45, 2.75) is 40.3 Å². The summed E-state index contributed by atoms with van der Waals surface area (Å²) < 4.78 is 7.80. The SMILES string of the molecule is CCOC(C)Cn1c(C)ccc1C. The number of hydrogen-bond acceptors (Lipinski definition) is 1. The van der Waals surface area contributed by atoms with Gasteiger partial charge in [0.05, 0.1) is 6.10 Å². The Morgan fingerprint density at radius 2 is 1.85 bits per heavy atom. The molecular formula is C11H19NO. The Bertz CT molecular complexity index is 246. The molecule has 0 aliphatic heterocycles. The van der Waals surface area contributed by atoms with Crippen LogP contribution in [0.4, 0.5) is 0 Å². The van der Waals surface area contributed by atoms with E-state index in [1.54, 1.807) is 0 Å². The number of nitrogens with zero attached hydrogens (tertiary/aromatic N) is 1. The third-order valence-electron chi connectivity index (χ3n) is 2.31. The van der Waals surface area contributed by atoms with E-state index in [0.717, 1.165) is 13.2 Å². The fraction of sp³-hybridized carbons (Fsp3) is 0.636. The van der Waals surface area contributed by atoms with Crippen molar-refractivity contribution in [3.8, 4) is 0 Å². The van der Waals surface area contributed by atoms with E-state index < -0.39 is 0 Å². The van der Waals surface area contributed by atoms with Crippen molar-refractivity contribution >= 4 is 0 Å². The van der Waals surface area contributed by atoms with E-state index in [2.05, 4.69) is 37.5 Å². The van der Waals surface area contributed by atoms with Crippen LogP contribution in [0.1, 0.15) is 25.2 Å². The number of aryl methyl sites for hydroxylation is 2. The average molecular weight is 181 g/mol. The zero-order chi connectivity index (χ0) is 9.84. The molecule has 1 heterocycles. The zero-order valence-corrected chi connectivity index (χ0v) is 9.00. The number of rotatable bonds is 4. The van der Waals surface area contributed by atoms with Crippen molar-refractivity contribution in [1.82, 2.24) is 4.57 Å². The summed E-state index contributed by atoms with van der Waals surface area (Å²) in [6, 6.07) is 4.29. The maximum atomic E-state index is 5.50. The highest BCUT2D eigenvalue weighted by Gasteiger charge is 2.05.